The predicted octanol–water partition coefficient (Wildman–Crippen LogP) is 3.01. The van der Waals surface area contributed by atoms with Crippen molar-refractivity contribution in [1.82, 2.24) is 4.98 Å². The summed E-state index contributed by atoms with van der Waals surface area (Å²) in [5.74, 6) is 0. The molecule has 0 radical (unpaired) electrons. The Balaban J connectivity index is 2.30. The number of hydrogen-bond donors (Lipinski definition) is 1. The standard InChI is InChI=1S/C11H9N3S/c1-8-2-4-9(5-3-8)10-6-15-11(14-10)13-7-12/h2-6H,1H3,(H,13,14). The van der Waals surface area contributed by atoms with Crippen molar-refractivity contribution in [1.29, 1.82) is 5.26 Å². The van der Waals surface area contributed by atoms with Gasteiger partial charge in [0.2, 0.25) is 0 Å². The van der Waals surface area contributed by atoms with Gasteiger partial charge in [-0.1, -0.05) is 29.8 Å². The number of nitrogens with one attached hydrogen (secondary N) is 1. The van der Waals surface area contributed by atoms with Gasteiger partial charge in [-0.2, -0.15) is 5.26 Å². The van der Waals surface area contributed by atoms with Gasteiger partial charge in [-0.05, 0) is 6.92 Å². The molecule has 1 aromatic heterocycles. The molecule has 0 aliphatic carbocycles. The van der Waals surface area contributed by atoms with E-state index >= 15 is 0 Å². The zero-order valence-corrected chi connectivity index (χ0v) is 9.01. The molecular weight excluding hydrogens is 206 g/mol. The van der Waals surface area contributed by atoms with Crippen molar-refractivity contribution in [2.24, 2.45) is 0 Å². The van der Waals surface area contributed by atoms with Crippen molar-refractivity contribution < 1.29 is 0 Å². The second-order valence-electron chi connectivity index (χ2n) is 3.14. The molecular formula is C11H9N3S. The van der Waals surface area contributed by atoms with Crippen LogP contribution in [0.15, 0.2) is 29.6 Å². The molecule has 0 fully saturated rings. The van der Waals surface area contributed by atoms with Crippen molar-refractivity contribution >= 4 is 16.5 Å². The topological polar surface area (TPSA) is 48.7 Å². The molecule has 0 spiro atoms. The van der Waals surface area contributed by atoms with Gasteiger partial charge in [-0.3, -0.25) is 5.32 Å². The number of thiazole rings is 1. The fraction of sp³-hybridized carbons (Fsp3) is 0.0909. The Hall–Kier alpha value is -1.86. The minimum atomic E-state index is 0.632. The average Bonchev–Trinajstić information content (AvgIpc) is 2.68. The Morgan fingerprint density at radius 1 is 1.33 bits per heavy atom. The minimum Gasteiger partial charge on any atom is -0.268 e. The van der Waals surface area contributed by atoms with Crippen LogP contribution in [0.25, 0.3) is 11.3 Å². The van der Waals surface area contributed by atoms with Crippen LogP contribution in [0.2, 0.25) is 0 Å². The summed E-state index contributed by atoms with van der Waals surface area (Å²) >= 11 is 1.43. The smallest absolute Gasteiger partial charge is 0.196 e. The number of nitrogens with zero attached hydrogens (tertiary/aromatic N) is 2. The summed E-state index contributed by atoms with van der Waals surface area (Å²) in [6, 6.07) is 8.15. The van der Waals surface area contributed by atoms with Crippen LogP contribution < -0.4 is 5.32 Å². The summed E-state index contributed by atoms with van der Waals surface area (Å²) in [5, 5.41) is 13.5. The van der Waals surface area contributed by atoms with Gasteiger partial charge in [0.1, 0.15) is 0 Å². The number of nitriles is 1. The zero-order chi connectivity index (χ0) is 10.7. The van der Waals surface area contributed by atoms with E-state index in [1.165, 1.54) is 16.9 Å². The second-order valence-corrected chi connectivity index (χ2v) is 4.00. The molecule has 1 N–H and O–H groups in total. The van der Waals surface area contributed by atoms with Crippen LogP contribution in [0.3, 0.4) is 0 Å². The summed E-state index contributed by atoms with van der Waals surface area (Å²) < 4.78 is 0. The molecule has 2 aromatic rings. The number of rotatable bonds is 2. The lowest BCUT2D eigenvalue weighted by Gasteiger charge is -1.96. The lowest BCUT2D eigenvalue weighted by atomic mass is 10.1. The highest BCUT2D eigenvalue weighted by Gasteiger charge is 2.03. The van der Waals surface area contributed by atoms with Crippen molar-refractivity contribution in [2.75, 3.05) is 5.32 Å². The van der Waals surface area contributed by atoms with Gasteiger partial charge < -0.3 is 0 Å². The SMILES string of the molecule is Cc1ccc(-c2csc(NC#N)n2)cc1. The molecule has 3 nitrogen and oxygen atoms in total. The minimum absolute atomic E-state index is 0.632. The maximum Gasteiger partial charge on any atom is 0.196 e. The van der Waals surface area contributed by atoms with E-state index in [2.05, 4.69) is 10.3 Å². The number of aryl methyl sites for hydroxylation is 1. The molecule has 1 heterocycles. The van der Waals surface area contributed by atoms with Crippen LogP contribution in [0.4, 0.5) is 5.13 Å². The maximum absolute atomic E-state index is 8.44. The van der Waals surface area contributed by atoms with Gasteiger partial charge in [-0.15, -0.1) is 11.3 Å². The fourth-order valence-electron chi connectivity index (χ4n) is 1.24. The molecule has 74 valence electrons. The van der Waals surface area contributed by atoms with E-state index < -0.39 is 0 Å². The highest BCUT2D eigenvalue weighted by atomic mass is 32.1. The third kappa shape index (κ3) is 2.14. The predicted molar refractivity (Wildman–Crippen MR) is 61.5 cm³/mol. The first-order valence-corrected chi connectivity index (χ1v) is 5.35. The largest absolute Gasteiger partial charge is 0.268 e. The molecule has 0 saturated heterocycles. The number of aromatic nitrogens is 1. The second kappa shape index (κ2) is 4.11. The lowest BCUT2D eigenvalue weighted by molar-refractivity contribution is 1.37. The lowest BCUT2D eigenvalue weighted by Crippen LogP contribution is -1.85. The van der Waals surface area contributed by atoms with Gasteiger partial charge in [0.05, 0.1) is 5.69 Å². The molecule has 0 aliphatic heterocycles. The molecule has 4 heteroatoms. The Morgan fingerprint density at radius 2 is 2.07 bits per heavy atom. The third-order valence-electron chi connectivity index (χ3n) is 2.01. The molecule has 0 aliphatic rings. The Bertz CT molecular complexity index is 493. The molecule has 1 aromatic carbocycles. The molecule has 15 heavy (non-hydrogen) atoms. The number of benzene rings is 1. The van der Waals surface area contributed by atoms with Crippen molar-refractivity contribution in [3.05, 3.63) is 35.2 Å². The van der Waals surface area contributed by atoms with E-state index in [1.807, 2.05) is 42.8 Å². The first-order chi connectivity index (χ1) is 7.29. The third-order valence-corrected chi connectivity index (χ3v) is 2.77. The Morgan fingerprint density at radius 3 is 2.73 bits per heavy atom. The van der Waals surface area contributed by atoms with E-state index in [0.717, 1.165) is 11.3 Å². The number of hydrogen-bond acceptors (Lipinski definition) is 4. The summed E-state index contributed by atoms with van der Waals surface area (Å²) in [6.07, 6.45) is 1.86. The Labute approximate surface area is 92.0 Å². The summed E-state index contributed by atoms with van der Waals surface area (Å²) in [4.78, 5) is 4.28. The van der Waals surface area contributed by atoms with Crippen molar-refractivity contribution in [3.63, 3.8) is 0 Å². The van der Waals surface area contributed by atoms with E-state index in [4.69, 9.17) is 5.26 Å². The van der Waals surface area contributed by atoms with Crippen LogP contribution >= 0.6 is 11.3 Å². The summed E-state index contributed by atoms with van der Waals surface area (Å²) in [5.41, 5.74) is 3.20. The Kier molecular flexibility index (Phi) is 2.66. The van der Waals surface area contributed by atoms with Gasteiger partial charge in [0, 0.05) is 10.9 Å². The first kappa shape index (κ1) is 9.69. The first-order valence-electron chi connectivity index (χ1n) is 4.47. The van der Waals surface area contributed by atoms with Crippen LogP contribution in [0.1, 0.15) is 5.56 Å². The normalized spacial score (nSPS) is 9.60. The fourth-order valence-corrected chi connectivity index (χ4v) is 1.90. The van der Waals surface area contributed by atoms with Crippen LogP contribution in [0.5, 0.6) is 0 Å². The van der Waals surface area contributed by atoms with E-state index in [0.29, 0.717) is 5.13 Å². The molecule has 0 unspecified atom stereocenters. The highest BCUT2D eigenvalue weighted by Crippen LogP contribution is 2.24. The van der Waals surface area contributed by atoms with Gasteiger partial charge in [-0.25, -0.2) is 4.98 Å². The van der Waals surface area contributed by atoms with Gasteiger partial charge in [0.25, 0.3) is 0 Å². The molecule has 2 rings (SSSR count). The van der Waals surface area contributed by atoms with Gasteiger partial charge >= 0.3 is 0 Å². The molecule has 0 bridgehead atoms. The number of anilines is 1. The monoisotopic (exact) mass is 215 g/mol. The quantitative estimate of drug-likeness (QED) is 0.618. The summed E-state index contributed by atoms with van der Waals surface area (Å²) in [7, 11) is 0. The van der Waals surface area contributed by atoms with Crippen LogP contribution in [0, 0.1) is 18.4 Å². The summed E-state index contributed by atoms with van der Waals surface area (Å²) in [6.45, 7) is 2.05. The average molecular weight is 215 g/mol. The van der Waals surface area contributed by atoms with Crippen molar-refractivity contribution in [3.8, 4) is 17.5 Å². The van der Waals surface area contributed by atoms with Gasteiger partial charge in [0.15, 0.2) is 11.3 Å². The maximum atomic E-state index is 8.44. The zero-order valence-electron chi connectivity index (χ0n) is 8.19. The van der Waals surface area contributed by atoms with Crippen LogP contribution in [-0.4, -0.2) is 4.98 Å². The molecule has 0 atom stereocenters. The van der Waals surface area contributed by atoms with E-state index in [9.17, 15) is 0 Å². The molecule has 0 saturated carbocycles. The van der Waals surface area contributed by atoms with Crippen molar-refractivity contribution in [2.45, 2.75) is 6.92 Å². The highest BCUT2D eigenvalue weighted by molar-refractivity contribution is 7.14. The van der Waals surface area contributed by atoms with E-state index in [-0.39, 0.29) is 0 Å². The van der Waals surface area contributed by atoms with Crippen LogP contribution in [-0.2, 0) is 0 Å². The van der Waals surface area contributed by atoms with E-state index in [1.54, 1.807) is 0 Å². The molecule has 0 amide bonds.